The first-order valence-corrected chi connectivity index (χ1v) is 9.21. The summed E-state index contributed by atoms with van der Waals surface area (Å²) in [5, 5.41) is 10.7. The van der Waals surface area contributed by atoms with Gasteiger partial charge in [0.15, 0.2) is 0 Å². The monoisotopic (exact) mass is 294 g/mol. The highest BCUT2D eigenvalue weighted by molar-refractivity contribution is 4.94. The van der Waals surface area contributed by atoms with Crippen LogP contribution in [0, 0.1) is 11.3 Å². The normalized spacial score (nSPS) is 36.1. The predicted octanol–water partition coefficient (Wildman–Crippen LogP) is 2.73. The van der Waals surface area contributed by atoms with Gasteiger partial charge in [-0.25, -0.2) is 0 Å². The van der Waals surface area contributed by atoms with E-state index in [9.17, 15) is 5.11 Å². The largest absolute Gasteiger partial charge is 0.391 e. The van der Waals surface area contributed by atoms with E-state index >= 15 is 0 Å². The molecule has 2 heterocycles. The Morgan fingerprint density at radius 1 is 0.952 bits per heavy atom. The third-order valence-corrected chi connectivity index (χ3v) is 6.32. The Kier molecular flexibility index (Phi) is 4.92. The molecule has 2 saturated heterocycles. The minimum Gasteiger partial charge on any atom is -0.391 e. The molecule has 0 spiro atoms. The third-order valence-electron chi connectivity index (χ3n) is 6.32. The lowest BCUT2D eigenvalue weighted by Gasteiger charge is -2.47. The fourth-order valence-electron chi connectivity index (χ4n) is 4.77. The summed E-state index contributed by atoms with van der Waals surface area (Å²) in [4.78, 5) is 5.27. The summed E-state index contributed by atoms with van der Waals surface area (Å²) in [5.74, 6) is 0.896. The smallest absolute Gasteiger partial charge is 0.0746 e. The number of aliphatic hydroxyl groups excluding tert-OH is 1. The van der Waals surface area contributed by atoms with Gasteiger partial charge in [-0.2, -0.15) is 0 Å². The quantitative estimate of drug-likeness (QED) is 0.867. The summed E-state index contributed by atoms with van der Waals surface area (Å²) >= 11 is 0. The fourth-order valence-corrected chi connectivity index (χ4v) is 4.77. The molecule has 3 rings (SSSR count). The van der Waals surface area contributed by atoms with Crippen LogP contribution in [0.5, 0.6) is 0 Å². The van der Waals surface area contributed by atoms with Gasteiger partial charge >= 0.3 is 0 Å². The molecule has 0 aromatic carbocycles. The molecule has 1 saturated carbocycles. The first kappa shape index (κ1) is 15.8. The second-order valence-electron chi connectivity index (χ2n) is 8.38. The van der Waals surface area contributed by atoms with E-state index in [0.717, 1.165) is 5.92 Å². The molecule has 3 aliphatic rings. The van der Waals surface area contributed by atoms with Crippen LogP contribution in [0.2, 0.25) is 0 Å². The molecule has 21 heavy (non-hydrogen) atoms. The zero-order valence-corrected chi connectivity index (χ0v) is 14.1. The molecule has 2 atom stereocenters. The first-order chi connectivity index (χ1) is 10.1. The SMILES string of the molecule is CC1(C)CCCC(N2CCC(CN3CCCC3)CC2)C1O. The average molecular weight is 294 g/mol. The van der Waals surface area contributed by atoms with E-state index in [1.807, 2.05) is 0 Å². The van der Waals surface area contributed by atoms with Crippen LogP contribution in [-0.2, 0) is 0 Å². The number of aliphatic hydroxyl groups is 1. The molecular weight excluding hydrogens is 260 g/mol. The highest BCUT2D eigenvalue weighted by atomic mass is 16.3. The van der Waals surface area contributed by atoms with Crippen molar-refractivity contribution in [1.82, 2.24) is 9.80 Å². The van der Waals surface area contributed by atoms with Crippen molar-refractivity contribution >= 4 is 0 Å². The number of hydrogen-bond donors (Lipinski definition) is 1. The van der Waals surface area contributed by atoms with Crippen molar-refractivity contribution in [3.05, 3.63) is 0 Å². The Balaban J connectivity index is 1.48. The Morgan fingerprint density at radius 3 is 2.29 bits per heavy atom. The first-order valence-electron chi connectivity index (χ1n) is 9.21. The van der Waals surface area contributed by atoms with Crippen molar-refractivity contribution in [2.24, 2.45) is 11.3 Å². The van der Waals surface area contributed by atoms with Crippen LogP contribution in [0.4, 0.5) is 0 Å². The van der Waals surface area contributed by atoms with Gasteiger partial charge in [-0.05, 0) is 76.0 Å². The zero-order chi connectivity index (χ0) is 14.9. The van der Waals surface area contributed by atoms with E-state index < -0.39 is 0 Å². The summed E-state index contributed by atoms with van der Waals surface area (Å²) in [5.41, 5.74) is 0.106. The third kappa shape index (κ3) is 3.62. The highest BCUT2D eigenvalue weighted by Gasteiger charge is 2.41. The summed E-state index contributed by atoms with van der Waals surface area (Å²) < 4.78 is 0. The van der Waals surface area contributed by atoms with E-state index in [4.69, 9.17) is 0 Å². The van der Waals surface area contributed by atoms with Crippen LogP contribution in [0.25, 0.3) is 0 Å². The van der Waals surface area contributed by atoms with E-state index in [1.54, 1.807) is 0 Å². The lowest BCUT2D eigenvalue weighted by molar-refractivity contribution is -0.0655. The standard InChI is InChI=1S/C18H34N2O/c1-18(2)9-5-6-16(17(18)21)20-12-7-15(8-13-20)14-19-10-3-4-11-19/h15-17,21H,3-14H2,1-2H3. The molecule has 3 fully saturated rings. The van der Waals surface area contributed by atoms with Crippen LogP contribution in [-0.4, -0.2) is 59.8 Å². The molecule has 0 radical (unpaired) electrons. The second-order valence-corrected chi connectivity index (χ2v) is 8.38. The van der Waals surface area contributed by atoms with Gasteiger partial charge in [-0.1, -0.05) is 20.3 Å². The van der Waals surface area contributed by atoms with Gasteiger partial charge in [0, 0.05) is 12.6 Å². The average Bonchev–Trinajstić information content (AvgIpc) is 2.96. The molecule has 122 valence electrons. The van der Waals surface area contributed by atoms with Gasteiger partial charge in [-0.3, -0.25) is 4.90 Å². The van der Waals surface area contributed by atoms with Crippen LogP contribution in [0.15, 0.2) is 0 Å². The summed E-state index contributed by atoms with van der Waals surface area (Å²) in [6.45, 7) is 10.9. The van der Waals surface area contributed by atoms with Gasteiger partial charge in [0.05, 0.1) is 6.10 Å². The van der Waals surface area contributed by atoms with E-state index in [2.05, 4.69) is 23.6 Å². The number of nitrogens with zero attached hydrogens (tertiary/aromatic N) is 2. The number of likely N-dealkylation sites (tertiary alicyclic amines) is 2. The zero-order valence-electron chi connectivity index (χ0n) is 14.1. The summed E-state index contributed by atoms with van der Waals surface area (Å²) in [7, 11) is 0. The van der Waals surface area contributed by atoms with Gasteiger partial charge < -0.3 is 10.0 Å². The Hall–Kier alpha value is -0.120. The molecule has 0 bridgehead atoms. The van der Waals surface area contributed by atoms with Crippen LogP contribution < -0.4 is 0 Å². The Morgan fingerprint density at radius 2 is 1.62 bits per heavy atom. The van der Waals surface area contributed by atoms with E-state index in [1.165, 1.54) is 77.7 Å². The molecule has 1 N–H and O–H groups in total. The number of hydrogen-bond acceptors (Lipinski definition) is 3. The lowest BCUT2D eigenvalue weighted by atomic mass is 9.71. The highest BCUT2D eigenvalue weighted by Crippen LogP contribution is 2.38. The van der Waals surface area contributed by atoms with Crippen molar-refractivity contribution in [1.29, 1.82) is 0 Å². The predicted molar refractivity (Wildman–Crippen MR) is 87.4 cm³/mol. The topological polar surface area (TPSA) is 26.7 Å². The van der Waals surface area contributed by atoms with Gasteiger partial charge in [0.2, 0.25) is 0 Å². The molecule has 0 aromatic rings. The van der Waals surface area contributed by atoms with E-state index in [-0.39, 0.29) is 11.5 Å². The lowest BCUT2D eigenvalue weighted by Crippen LogP contribution is -2.54. The van der Waals surface area contributed by atoms with Gasteiger partial charge in [0.1, 0.15) is 0 Å². The van der Waals surface area contributed by atoms with Crippen molar-refractivity contribution in [2.75, 3.05) is 32.7 Å². The maximum Gasteiger partial charge on any atom is 0.0746 e. The van der Waals surface area contributed by atoms with Crippen LogP contribution in [0.1, 0.15) is 58.8 Å². The van der Waals surface area contributed by atoms with E-state index in [0.29, 0.717) is 6.04 Å². The molecular formula is C18H34N2O. The fraction of sp³-hybridized carbons (Fsp3) is 1.00. The molecule has 3 heteroatoms. The Labute approximate surface area is 130 Å². The van der Waals surface area contributed by atoms with Crippen LogP contribution >= 0.6 is 0 Å². The summed E-state index contributed by atoms with van der Waals surface area (Å²) in [6, 6.07) is 0.418. The van der Waals surface area contributed by atoms with Crippen molar-refractivity contribution < 1.29 is 5.11 Å². The number of piperidine rings is 1. The second kappa shape index (κ2) is 6.55. The van der Waals surface area contributed by atoms with Crippen LogP contribution in [0.3, 0.4) is 0 Å². The minimum atomic E-state index is -0.138. The number of rotatable bonds is 3. The molecule has 1 aliphatic carbocycles. The summed E-state index contributed by atoms with van der Waals surface area (Å²) in [6.07, 6.45) is 8.99. The van der Waals surface area contributed by atoms with Crippen molar-refractivity contribution in [3.8, 4) is 0 Å². The molecule has 2 aliphatic heterocycles. The maximum absolute atomic E-state index is 10.7. The van der Waals surface area contributed by atoms with Crippen molar-refractivity contribution in [2.45, 2.75) is 70.9 Å². The van der Waals surface area contributed by atoms with Gasteiger partial charge in [0.25, 0.3) is 0 Å². The minimum absolute atomic E-state index is 0.106. The molecule has 2 unspecified atom stereocenters. The molecule has 0 amide bonds. The van der Waals surface area contributed by atoms with Gasteiger partial charge in [-0.15, -0.1) is 0 Å². The maximum atomic E-state index is 10.7. The molecule has 0 aromatic heterocycles. The molecule has 3 nitrogen and oxygen atoms in total. The Bertz CT molecular complexity index is 330. The van der Waals surface area contributed by atoms with Crippen molar-refractivity contribution in [3.63, 3.8) is 0 Å².